The second-order valence-corrected chi connectivity index (χ2v) is 11.8. The van der Waals surface area contributed by atoms with E-state index in [9.17, 15) is 13.2 Å². The van der Waals surface area contributed by atoms with Crippen LogP contribution in [0.25, 0.3) is 0 Å². The molecule has 0 bridgehead atoms. The van der Waals surface area contributed by atoms with E-state index in [1.54, 1.807) is 16.3 Å². The number of likely N-dealkylation sites (N-methyl/N-ethyl adjacent to an activating group) is 1. The Hall–Kier alpha value is -1.88. The number of piperazine rings is 2. The number of ether oxygens (including phenoxy) is 1. The molecule has 1 aromatic carbocycles. The normalized spacial score (nSPS) is 22.9. The maximum Gasteiger partial charge on any atom is 0.317 e. The van der Waals surface area contributed by atoms with Gasteiger partial charge in [-0.3, -0.25) is 0 Å². The third-order valence-electron chi connectivity index (χ3n) is 7.73. The third-order valence-corrected chi connectivity index (χ3v) is 9.77. The van der Waals surface area contributed by atoms with E-state index in [0.717, 1.165) is 44.5 Å². The van der Waals surface area contributed by atoms with Crippen LogP contribution < -0.4 is 10.1 Å². The molecule has 1 aromatic rings. The van der Waals surface area contributed by atoms with E-state index in [4.69, 9.17) is 4.74 Å². The van der Waals surface area contributed by atoms with Crippen molar-refractivity contribution in [3.63, 3.8) is 0 Å². The average molecular weight is 494 g/mol. The van der Waals surface area contributed by atoms with Crippen LogP contribution in [0, 0.1) is 0 Å². The van der Waals surface area contributed by atoms with E-state index in [0.29, 0.717) is 45.8 Å². The van der Waals surface area contributed by atoms with Crippen molar-refractivity contribution in [1.29, 1.82) is 0 Å². The highest BCUT2D eigenvalue weighted by Crippen LogP contribution is 2.39. The maximum absolute atomic E-state index is 13.0. The molecule has 34 heavy (non-hydrogen) atoms. The van der Waals surface area contributed by atoms with Gasteiger partial charge in [0.05, 0.1) is 7.11 Å². The fourth-order valence-electron chi connectivity index (χ4n) is 5.40. The van der Waals surface area contributed by atoms with Crippen LogP contribution in [-0.2, 0) is 15.6 Å². The number of methoxy groups -OCH3 is 1. The molecule has 0 aromatic heterocycles. The highest BCUT2D eigenvalue weighted by atomic mass is 32.2. The average Bonchev–Trinajstić information content (AvgIpc) is 2.88. The van der Waals surface area contributed by atoms with Crippen molar-refractivity contribution in [3.8, 4) is 5.75 Å². The quantitative estimate of drug-likeness (QED) is 0.652. The Kier molecular flexibility index (Phi) is 8.01. The van der Waals surface area contributed by atoms with Gasteiger partial charge < -0.3 is 19.9 Å². The van der Waals surface area contributed by atoms with Crippen LogP contribution in [0.5, 0.6) is 5.75 Å². The topological polar surface area (TPSA) is 85.4 Å². The molecule has 2 amide bonds. The van der Waals surface area contributed by atoms with Gasteiger partial charge in [-0.2, -0.15) is 17.0 Å². The second-order valence-electron chi connectivity index (χ2n) is 9.82. The summed E-state index contributed by atoms with van der Waals surface area (Å²) in [5.74, 6) is 0.836. The summed E-state index contributed by atoms with van der Waals surface area (Å²) in [6.07, 6.45) is 5.65. The van der Waals surface area contributed by atoms with Crippen LogP contribution in [0.2, 0.25) is 0 Å². The summed E-state index contributed by atoms with van der Waals surface area (Å²) in [7, 11) is 0.208. The van der Waals surface area contributed by atoms with Crippen LogP contribution >= 0.6 is 0 Å². The van der Waals surface area contributed by atoms with Crippen molar-refractivity contribution in [2.24, 2.45) is 0 Å². The van der Waals surface area contributed by atoms with Crippen molar-refractivity contribution in [1.82, 2.24) is 23.7 Å². The first-order valence-electron chi connectivity index (χ1n) is 12.5. The summed E-state index contributed by atoms with van der Waals surface area (Å²) >= 11 is 0. The molecular formula is C24H39N5O4S. The van der Waals surface area contributed by atoms with Crippen LogP contribution in [0.3, 0.4) is 0 Å². The van der Waals surface area contributed by atoms with Gasteiger partial charge in [0.25, 0.3) is 10.2 Å². The fraction of sp³-hybridized carbons (Fsp3) is 0.708. The number of urea groups is 1. The molecule has 1 saturated carbocycles. The molecule has 0 spiro atoms. The predicted octanol–water partition coefficient (Wildman–Crippen LogP) is 1.72. The minimum absolute atomic E-state index is 0.0627. The third kappa shape index (κ3) is 5.50. The first-order chi connectivity index (χ1) is 16.3. The molecule has 1 N–H and O–H groups in total. The molecule has 3 aliphatic rings. The Morgan fingerprint density at radius 3 is 2.03 bits per heavy atom. The lowest BCUT2D eigenvalue weighted by molar-refractivity contribution is 0.160. The Morgan fingerprint density at radius 2 is 1.47 bits per heavy atom. The lowest BCUT2D eigenvalue weighted by Crippen LogP contribution is -2.58. The summed E-state index contributed by atoms with van der Waals surface area (Å²) in [4.78, 5) is 16.9. The van der Waals surface area contributed by atoms with E-state index in [1.807, 2.05) is 19.2 Å². The molecule has 190 valence electrons. The number of rotatable bonds is 6. The zero-order chi connectivity index (χ0) is 24.2. The van der Waals surface area contributed by atoms with E-state index in [2.05, 4.69) is 22.3 Å². The summed E-state index contributed by atoms with van der Waals surface area (Å²) in [5.41, 5.74) is 1.18. The van der Waals surface area contributed by atoms with E-state index < -0.39 is 10.2 Å². The van der Waals surface area contributed by atoms with E-state index in [-0.39, 0.29) is 11.4 Å². The molecular weight excluding hydrogens is 454 g/mol. The summed E-state index contributed by atoms with van der Waals surface area (Å²) in [6, 6.07) is 8.13. The van der Waals surface area contributed by atoms with Gasteiger partial charge in [-0.15, -0.1) is 0 Å². The molecule has 4 rings (SSSR count). The minimum atomic E-state index is -3.47. The number of nitrogens with zero attached hydrogens (tertiary/aromatic N) is 4. The number of nitrogens with one attached hydrogen (secondary N) is 1. The highest BCUT2D eigenvalue weighted by molar-refractivity contribution is 7.86. The summed E-state index contributed by atoms with van der Waals surface area (Å²) in [5, 5.41) is 3.18. The number of carbonyl (C=O) groups is 1. The molecule has 0 radical (unpaired) electrons. The van der Waals surface area contributed by atoms with Crippen LogP contribution in [0.4, 0.5) is 4.79 Å². The lowest BCUT2D eigenvalue weighted by atomic mass is 9.69. The maximum atomic E-state index is 13.0. The Morgan fingerprint density at radius 1 is 0.912 bits per heavy atom. The molecule has 0 atom stereocenters. The van der Waals surface area contributed by atoms with Crippen molar-refractivity contribution >= 4 is 16.2 Å². The number of hydrogen-bond acceptors (Lipinski definition) is 5. The van der Waals surface area contributed by atoms with Crippen molar-refractivity contribution in [3.05, 3.63) is 29.8 Å². The molecule has 10 heteroatoms. The van der Waals surface area contributed by atoms with Gasteiger partial charge in [0.2, 0.25) is 0 Å². The van der Waals surface area contributed by atoms with Gasteiger partial charge in [-0.1, -0.05) is 31.4 Å². The van der Waals surface area contributed by atoms with Gasteiger partial charge in [-0.05, 0) is 37.6 Å². The number of amides is 2. The molecule has 2 saturated heterocycles. The first-order valence-corrected chi connectivity index (χ1v) is 13.8. The van der Waals surface area contributed by atoms with Gasteiger partial charge in [-0.25, -0.2) is 4.79 Å². The minimum Gasteiger partial charge on any atom is -0.497 e. The fourth-order valence-corrected chi connectivity index (χ4v) is 6.98. The van der Waals surface area contributed by atoms with Crippen molar-refractivity contribution in [2.45, 2.75) is 37.5 Å². The smallest absolute Gasteiger partial charge is 0.317 e. The summed E-state index contributed by atoms with van der Waals surface area (Å²) in [6.45, 7) is 4.63. The monoisotopic (exact) mass is 493 g/mol. The number of carbonyl (C=O) groups excluding carboxylic acids is 1. The largest absolute Gasteiger partial charge is 0.497 e. The SMILES string of the molecule is COc1ccc(C2(CNC(=O)N3CCN(S(=O)(=O)N4CCN(C)CC4)CC3)CCCCC2)cc1. The van der Waals surface area contributed by atoms with Gasteiger partial charge in [0, 0.05) is 64.3 Å². The molecule has 2 heterocycles. The predicted molar refractivity (Wildman–Crippen MR) is 132 cm³/mol. The lowest BCUT2D eigenvalue weighted by Gasteiger charge is -2.40. The van der Waals surface area contributed by atoms with Gasteiger partial charge in [0.15, 0.2) is 0 Å². The molecule has 3 fully saturated rings. The van der Waals surface area contributed by atoms with E-state index >= 15 is 0 Å². The highest BCUT2D eigenvalue weighted by Gasteiger charge is 2.37. The van der Waals surface area contributed by atoms with Crippen molar-refractivity contribution < 1.29 is 17.9 Å². The molecule has 2 aliphatic heterocycles. The Bertz CT molecular complexity index is 917. The Balaban J connectivity index is 1.33. The van der Waals surface area contributed by atoms with E-state index in [1.165, 1.54) is 16.3 Å². The van der Waals surface area contributed by atoms with Crippen LogP contribution in [0.1, 0.15) is 37.7 Å². The molecule has 0 unspecified atom stereocenters. The Labute approximate surface area is 204 Å². The second kappa shape index (κ2) is 10.8. The molecule has 9 nitrogen and oxygen atoms in total. The van der Waals surface area contributed by atoms with Crippen LogP contribution in [-0.4, -0.2) is 106 Å². The zero-order valence-electron chi connectivity index (χ0n) is 20.5. The zero-order valence-corrected chi connectivity index (χ0v) is 21.4. The van der Waals surface area contributed by atoms with Gasteiger partial charge in [0.1, 0.15) is 5.75 Å². The number of benzene rings is 1. The van der Waals surface area contributed by atoms with Crippen LogP contribution in [0.15, 0.2) is 24.3 Å². The summed E-state index contributed by atoms with van der Waals surface area (Å²) < 4.78 is 34.4. The first kappa shape index (κ1) is 25.2. The molecule has 1 aliphatic carbocycles. The van der Waals surface area contributed by atoms with Crippen molar-refractivity contribution in [2.75, 3.05) is 73.1 Å². The number of hydrogen-bond donors (Lipinski definition) is 1. The van der Waals surface area contributed by atoms with Gasteiger partial charge >= 0.3 is 6.03 Å². The standard InChI is InChI=1S/C24H39N5O4S/c1-26-12-16-28(17-13-26)34(31,32)29-18-14-27(15-19-29)23(30)25-20-24(10-4-3-5-11-24)21-6-8-22(33-2)9-7-21/h6-9H,3-5,10-20H2,1-2H3,(H,25,30).